The molecular weight excluding hydrogens is 305 g/mol. The summed E-state index contributed by atoms with van der Waals surface area (Å²) in [6.45, 7) is 0. The molecule has 0 fully saturated rings. The molecule has 0 unspecified atom stereocenters. The maximum atomic E-state index is 12.6. The zero-order valence-electron chi connectivity index (χ0n) is 12.6. The van der Waals surface area contributed by atoms with E-state index in [0.29, 0.717) is 23.0 Å². The van der Waals surface area contributed by atoms with Crippen molar-refractivity contribution < 1.29 is 23.1 Å². The van der Waals surface area contributed by atoms with Crippen molar-refractivity contribution in [2.75, 3.05) is 21.3 Å². The van der Waals surface area contributed by atoms with Crippen LogP contribution in [0.4, 0.5) is 0 Å². The maximum absolute atomic E-state index is 12.6. The van der Waals surface area contributed by atoms with Crippen molar-refractivity contribution in [1.82, 2.24) is 5.09 Å². The van der Waals surface area contributed by atoms with E-state index in [1.54, 1.807) is 62.8 Å². The fraction of sp³-hybridized carbons (Fsp3) is 0.200. The molecule has 0 aliphatic carbocycles. The van der Waals surface area contributed by atoms with E-state index in [0.717, 1.165) is 0 Å². The van der Waals surface area contributed by atoms with Crippen molar-refractivity contribution in [3.8, 4) is 23.0 Å². The zero-order chi connectivity index (χ0) is 16.0. The second-order valence-electron chi connectivity index (χ2n) is 4.25. The van der Waals surface area contributed by atoms with Gasteiger partial charge in [0.1, 0.15) is 23.0 Å². The Morgan fingerprint density at radius 1 is 0.727 bits per heavy atom. The number of methoxy groups -OCH3 is 2. The molecule has 0 saturated carbocycles. The predicted octanol–water partition coefficient (Wildman–Crippen LogP) is 3.49. The highest BCUT2D eigenvalue weighted by molar-refractivity contribution is 7.52. The van der Waals surface area contributed by atoms with Crippen LogP contribution in [-0.2, 0) is 4.57 Å². The summed E-state index contributed by atoms with van der Waals surface area (Å²) in [7, 11) is 1.13. The highest BCUT2D eigenvalue weighted by Gasteiger charge is 2.26. The second-order valence-corrected chi connectivity index (χ2v) is 6.06. The second kappa shape index (κ2) is 7.20. The minimum atomic E-state index is -3.52. The lowest BCUT2D eigenvalue weighted by Gasteiger charge is -2.18. The highest BCUT2D eigenvalue weighted by Crippen LogP contribution is 2.44. The molecule has 0 amide bonds. The average Bonchev–Trinajstić information content (AvgIpc) is 2.56. The summed E-state index contributed by atoms with van der Waals surface area (Å²) < 4.78 is 33.6. The lowest BCUT2D eigenvalue weighted by atomic mass is 10.3. The van der Waals surface area contributed by atoms with Gasteiger partial charge in [-0.2, -0.15) is 0 Å². The van der Waals surface area contributed by atoms with E-state index in [2.05, 4.69) is 5.09 Å². The molecular formula is C15H18NO5P. The van der Waals surface area contributed by atoms with Gasteiger partial charge in [-0.05, 0) is 55.6 Å². The van der Waals surface area contributed by atoms with Crippen molar-refractivity contribution in [3.05, 3.63) is 48.5 Å². The molecule has 0 spiro atoms. The van der Waals surface area contributed by atoms with Gasteiger partial charge in [-0.25, -0.2) is 9.65 Å². The van der Waals surface area contributed by atoms with Crippen molar-refractivity contribution in [3.63, 3.8) is 0 Å². The van der Waals surface area contributed by atoms with Gasteiger partial charge in [0.2, 0.25) is 0 Å². The molecule has 0 saturated heterocycles. The number of rotatable bonds is 7. The van der Waals surface area contributed by atoms with Crippen LogP contribution in [0.5, 0.6) is 23.0 Å². The molecule has 7 heteroatoms. The third-order valence-corrected chi connectivity index (χ3v) is 4.29. The van der Waals surface area contributed by atoms with Gasteiger partial charge in [0.05, 0.1) is 14.2 Å². The zero-order valence-corrected chi connectivity index (χ0v) is 13.5. The van der Waals surface area contributed by atoms with Crippen LogP contribution in [0.15, 0.2) is 48.5 Å². The number of ether oxygens (including phenoxy) is 2. The molecule has 6 nitrogen and oxygen atoms in total. The van der Waals surface area contributed by atoms with E-state index in [1.807, 2.05) is 0 Å². The molecule has 0 aliphatic heterocycles. The third-order valence-electron chi connectivity index (χ3n) is 2.84. The largest absolute Gasteiger partial charge is 0.512 e. The van der Waals surface area contributed by atoms with Gasteiger partial charge < -0.3 is 18.5 Å². The van der Waals surface area contributed by atoms with Crippen LogP contribution in [0, 0.1) is 0 Å². The lowest BCUT2D eigenvalue weighted by Crippen LogP contribution is -2.14. The standard InChI is InChI=1S/C15H18NO5P/c1-16-22(17,20-14-8-4-12(18-2)5-9-14)21-15-10-6-13(19-3)7-11-15/h4-11H,1-3H3,(H,16,17). The quantitative estimate of drug-likeness (QED) is 0.787. The normalized spacial score (nSPS) is 10.9. The first-order valence-corrected chi connectivity index (χ1v) is 8.09. The maximum Gasteiger partial charge on any atom is 0.512 e. The first kappa shape index (κ1) is 16.2. The van der Waals surface area contributed by atoms with Crippen molar-refractivity contribution in [2.45, 2.75) is 0 Å². The highest BCUT2D eigenvalue weighted by atomic mass is 31.2. The van der Waals surface area contributed by atoms with Crippen LogP contribution in [0.3, 0.4) is 0 Å². The van der Waals surface area contributed by atoms with Gasteiger partial charge in [0.25, 0.3) is 0 Å². The summed E-state index contributed by atoms with van der Waals surface area (Å²) in [5, 5.41) is 2.58. The molecule has 0 atom stereocenters. The van der Waals surface area contributed by atoms with Crippen LogP contribution >= 0.6 is 7.75 Å². The fourth-order valence-corrected chi connectivity index (χ4v) is 2.68. The molecule has 2 aromatic carbocycles. The monoisotopic (exact) mass is 323 g/mol. The van der Waals surface area contributed by atoms with Crippen molar-refractivity contribution >= 4 is 7.75 Å². The predicted molar refractivity (Wildman–Crippen MR) is 83.9 cm³/mol. The Morgan fingerprint density at radius 3 is 1.32 bits per heavy atom. The molecule has 0 heterocycles. The Kier molecular flexibility index (Phi) is 5.31. The Hall–Kier alpha value is -2.17. The van der Waals surface area contributed by atoms with Crippen LogP contribution < -0.4 is 23.6 Å². The van der Waals surface area contributed by atoms with Gasteiger partial charge in [-0.15, -0.1) is 0 Å². The smallest absolute Gasteiger partial charge is 0.497 e. The van der Waals surface area contributed by atoms with Crippen molar-refractivity contribution in [2.24, 2.45) is 0 Å². The minimum absolute atomic E-state index is 0.409. The van der Waals surface area contributed by atoms with Gasteiger partial charge in [-0.3, -0.25) is 0 Å². The number of hydrogen-bond donors (Lipinski definition) is 1. The average molecular weight is 323 g/mol. The molecule has 2 rings (SSSR count). The van der Waals surface area contributed by atoms with Gasteiger partial charge in [0, 0.05) is 0 Å². The minimum Gasteiger partial charge on any atom is -0.497 e. The van der Waals surface area contributed by atoms with Crippen LogP contribution in [0.25, 0.3) is 0 Å². The molecule has 0 radical (unpaired) electrons. The fourth-order valence-electron chi connectivity index (χ4n) is 1.66. The molecule has 118 valence electrons. The molecule has 22 heavy (non-hydrogen) atoms. The van der Waals surface area contributed by atoms with Gasteiger partial charge in [0.15, 0.2) is 0 Å². The Bertz CT molecular complexity index is 588. The molecule has 0 bridgehead atoms. The molecule has 1 N–H and O–H groups in total. The van der Waals surface area contributed by atoms with E-state index in [1.165, 1.54) is 7.05 Å². The van der Waals surface area contributed by atoms with E-state index < -0.39 is 7.75 Å². The SMILES string of the molecule is CNP(=O)(Oc1ccc(OC)cc1)Oc1ccc(OC)cc1. The first-order chi connectivity index (χ1) is 10.6. The number of nitrogens with one attached hydrogen (secondary N) is 1. The first-order valence-electron chi connectivity index (χ1n) is 6.55. The molecule has 0 aliphatic rings. The lowest BCUT2D eigenvalue weighted by molar-refractivity contribution is 0.373. The molecule has 2 aromatic rings. The van der Waals surface area contributed by atoms with Crippen LogP contribution in [-0.4, -0.2) is 21.3 Å². The number of hydrogen-bond acceptors (Lipinski definition) is 5. The van der Waals surface area contributed by atoms with Gasteiger partial charge >= 0.3 is 7.75 Å². The topological polar surface area (TPSA) is 66.0 Å². The summed E-state index contributed by atoms with van der Waals surface area (Å²) in [5.74, 6) is 2.18. The third kappa shape index (κ3) is 4.16. The van der Waals surface area contributed by atoms with E-state index in [9.17, 15) is 4.57 Å². The van der Waals surface area contributed by atoms with E-state index in [-0.39, 0.29) is 0 Å². The van der Waals surface area contributed by atoms with E-state index >= 15 is 0 Å². The summed E-state index contributed by atoms with van der Waals surface area (Å²) >= 11 is 0. The summed E-state index contributed by atoms with van der Waals surface area (Å²) in [6, 6.07) is 13.5. The Morgan fingerprint density at radius 2 is 1.05 bits per heavy atom. The summed E-state index contributed by atoms with van der Waals surface area (Å²) in [4.78, 5) is 0. The Labute approximate surface area is 129 Å². The number of benzene rings is 2. The summed E-state index contributed by atoms with van der Waals surface area (Å²) in [6.07, 6.45) is 0. The Balaban J connectivity index is 2.11. The van der Waals surface area contributed by atoms with Crippen molar-refractivity contribution in [1.29, 1.82) is 0 Å². The van der Waals surface area contributed by atoms with E-state index in [4.69, 9.17) is 18.5 Å². The molecule has 0 aromatic heterocycles. The van der Waals surface area contributed by atoms with Gasteiger partial charge in [-0.1, -0.05) is 0 Å². The van der Waals surface area contributed by atoms with Crippen LogP contribution in [0.1, 0.15) is 0 Å². The summed E-state index contributed by atoms with van der Waals surface area (Å²) in [5.41, 5.74) is 0. The van der Waals surface area contributed by atoms with Crippen LogP contribution in [0.2, 0.25) is 0 Å².